The zero-order valence-electron chi connectivity index (χ0n) is 15.6. The van der Waals surface area contributed by atoms with Gasteiger partial charge in [0.15, 0.2) is 0 Å². The van der Waals surface area contributed by atoms with E-state index in [9.17, 15) is 9.59 Å². The molecular formula is C20H26N2O4. The Labute approximate surface area is 153 Å². The second-order valence-electron chi connectivity index (χ2n) is 7.42. The van der Waals surface area contributed by atoms with Gasteiger partial charge in [-0.2, -0.15) is 0 Å². The maximum atomic E-state index is 12.8. The average Bonchev–Trinajstić information content (AvgIpc) is 2.60. The van der Waals surface area contributed by atoms with E-state index in [0.717, 1.165) is 24.8 Å². The number of hydrogen-bond acceptors (Lipinski definition) is 5. The molecule has 0 saturated carbocycles. The predicted octanol–water partition coefficient (Wildman–Crippen LogP) is 2.19. The maximum absolute atomic E-state index is 12.8. The Hall–Kier alpha value is -2.18. The molecule has 0 unspecified atom stereocenters. The molecule has 0 bridgehead atoms. The van der Waals surface area contributed by atoms with E-state index in [1.807, 2.05) is 26.2 Å². The Balaban J connectivity index is 1.83. The first-order chi connectivity index (χ1) is 12.4. The van der Waals surface area contributed by atoms with Crippen LogP contribution in [-0.2, 0) is 4.74 Å². The Morgan fingerprint density at radius 1 is 1.23 bits per heavy atom. The quantitative estimate of drug-likeness (QED) is 0.830. The van der Waals surface area contributed by atoms with Crippen LogP contribution in [0.1, 0.15) is 28.8 Å². The van der Waals surface area contributed by atoms with E-state index in [0.29, 0.717) is 30.9 Å². The minimum absolute atomic E-state index is 0.0393. The van der Waals surface area contributed by atoms with Gasteiger partial charge >= 0.3 is 5.63 Å². The summed E-state index contributed by atoms with van der Waals surface area (Å²) in [5.74, 6) is -0.369. The molecule has 6 heteroatoms. The largest absolute Gasteiger partial charge is 0.422 e. The van der Waals surface area contributed by atoms with Crippen LogP contribution in [0.2, 0.25) is 0 Å². The number of carbonyl (C=O) groups excluding carboxylic acids is 1. The number of para-hydroxylation sites is 1. The molecule has 1 saturated heterocycles. The summed E-state index contributed by atoms with van der Waals surface area (Å²) in [6, 6.07) is 7.27. The molecule has 0 aliphatic carbocycles. The summed E-state index contributed by atoms with van der Waals surface area (Å²) in [6.07, 6.45) is 1.77. The van der Waals surface area contributed by atoms with Gasteiger partial charge in [-0.25, -0.2) is 4.79 Å². The third-order valence-electron chi connectivity index (χ3n) is 5.13. The van der Waals surface area contributed by atoms with Gasteiger partial charge in [-0.1, -0.05) is 18.2 Å². The molecule has 1 amide bonds. The van der Waals surface area contributed by atoms with Crippen LogP contribution in [0.15, 0.2) is 33.5 Å². The zero-order chi connectivity index (χ0) is 18.7. The van der Waals surface area contributed by atoms with Crippen molar-refractivity contribution in [3.63, 3.8) is 0 Å². The average molecular weight is 358 g/mol. The van der Waals surface area contributed by atoms with E-state index in [1.54, 1.807) is 19.1 Å². The molecule has 2 heterocycles. The summed E-state index contributed by atoms with van der Waals surface area (Å²) in [4.78, 5) is 27.3. The number of ether oxygens (including phenoxy) is 1. The van der Waals surface area contributed by atoms with Gasteiger partial charge in [0.25, 0.3) is 5.91 Å². The lowest BCUT2D eigenvalue weighted by Crippen LogP contribution is -2.47. The molecule has 1 aliphatic heterocycles. The maximum Gasteiger partial charge on any atom is 0.349 e. The van der Waals surface area contributed by atoms with Crippen molar-refractivity contribution in [2.24, 2.45) is 5.41 Å². The highest BCUT2D eigenvalue weighted by Gasteiger charge is 2.34. The van der Waals surface area contributed by atoms with Gasteiger partial charge < -0.3 is 19.4 Å². The number of fused-ring (bicyclic) bond motifs is 1. The van der Waals surface area contributed by atoms with Gasteiger partial charge in [-0.05, 0) is 45.5 Å². The highest BCUT2D eigenvalue weighted by molar-refractivity contribution is 5.99. The lowest BCUT2D eigenvalue weighted by Gasteiger charge is -2.39. The van der Waals surface area contributed by atoms with Crippen molar-refractivity contribution in [2.75, 3.05) is 40.4 Å². The van der Waals surface area contributed by atoms with E-state index in [2.05, 4.69) is 10.2 Å². The van der Waals surface area contributed by atoms with E-state index in [1.165, 1.54) is 0 Å². The lowest BCUT2D eigenvalue weighted by atomic mass is 9.79. The fraction of sp³-hybridized carbons (Fsp3) is 0.500. The summed E-state index contributed by atoms with van der Waals surface area (Å²) in [7, 11) is 4.06. The van der Waals surface area contributed by atoms with Gasteiger partial charge in [0.1, 0.15) is 11.1 Å². The number of nitrogens with one attached hydrogen (secondary N) is 1. The molecule has 26 heavy (non-hydrogen) atoms. The molecule has 2 aromatic rings. The van der Waals surface area contributed by atoms with E-state index < -0.39 is 5.63 Å². The molecule has 1 fully saturated rings. The highest BCUT2D eigenvalue weighted by atomic mass is 16.5. The number of nitrogens with zero attached hydrogens (tertiary/aromatic N) is 1. The minimum atomic E-state index is -0.590. The first-order valence-corrected chi connectivity index (χ1v) is 8.95. The Morgan fingerprint density at radius 2 is 1.92 bits per heavy atom. The van der Waals surface area contributed by atoms with Crippen LogP contribution < -0.4 is 10.9 Å². The van der Waals surface area contributed by atoms with Crippen molar-refractivity contribution in [1.29, 1.82) is 0 Å². The number of benzene rings is 1. The molecular weight excluding hydrogens is 332 g/mol. The molecule has 1 aromatic heterocycles. The monoisotopic (exact) mass is 358 g/mol. The summed E-state index contributed by atoms with van der Waals surface area (Å²) < 4.78 is 10.8. The first-order valence-electron chi connectivity index (χ1n) is 8.95. The molecule has 140 valence electrons. The van der Waals surface area contributed by atoms with E-state index in [-0.39, 0.29) is 16.9 Å². The normalized spacial score (nSPS) is 16.8. The van der Waals surface area contributed by atoms with Crippen LogP contribution in [-0.4, -0.2) is 51.2 Å². The second-order valence-corrected chi connectivity index (χ2v) is 7.42. The van der Waals surface area contributed by atoms with Crippen molar-refractivity contribution < 1.29 is 13.9 Å². The fourth-order valence-electron chi connectivity index (χ4n) is 3.79. The van der Waals surface area contributed by atoms with Gasteiger partial charge in [-0.15, -0.1) is 0 Å². The van der Waals surface area contributed by atoms with Gasteiger partial charge in [0, 0.05) is 37.1 Å². The Bertz CT molecular complexity index is 851. The van der Waals surface area contributed by atoms with Crippen molar-refractivity contribution in [2.45, 2.75) is 19.8 Å². The molecule has 1 N–H and O–H groups in total. The van der Waals surface area contributed by atoms with Crippen molar-refractivity contribution in [3.8, 4) is 0 Å². The molecule has 1 aromatic carbocycles. The van der Waals surface area contributed by atoms with Crippen LogP contribution in [0.3, 0.4) is 0 Å². The summed E-state index contributed by atoms with van der Waals surface area (Å²) in [6.45, 7) is 4.56. The molecule has 0 radical (unpaired) electrons. The molecule has 0 atom stereocenters. The van der Waals surface area contributed by atoms with E-state index in [4.69, 9.17) is 9.15 Å². The standard InChI is InChI=1S/C20H26N2O4/c1-14-15-6-4-5-7-16(15)26-19(24)17(14)18(23)21-12-20(13-22(2)3)8-10-25-11-9-20/h4-7H,8-13H2,1-3H3,(H,21,23). The number of amides is 1. The van der Waals surface area contributed by atoms with Crippen LogP contribution >= 0.6 is 0 Å². The molecule has 1 aliphatic rings. The number of carbonyl (C=O) groups is 1. The summed E-state index contributed by atoms with van der Waals surface area (Å²) in [5, 5.41) is 3.76. The predicted molar refractivity (Wildman–Crippen MR) is 101 cm³/mol. The molecule has 0 spiro atoms. The Morgan fingerprint density at radius 3 is 2.62 bits per heavy atom. The second kappa shape index (κ2) is 7.60. The number of aryl methyl sites for hydroxylation is 1. The zero-order valence-corrected chi connectivity index (χ0v) is 15.6. The first kappa shape index (κ1) is 18.6. The Kier molecular flexibility index (Phi) is 5.44. The highest BCUT2D eigenvalue weighted by Crippen LogP contribution is 2.30. The lowest BCUT2D eigenvalue weighted by molar-refractivity contribution is 0.00283. The van der Waals surface area contributed by atoms with E-state index >= 15 is 0 Å². The van der Waals surface area contributed by atoms with Crippen LogP contribution in [0.5, 0.6) is 0 Å². The topological polar surface area (TPSA) is 71.8 Å². The number of rotatable bonds is 5. The van der Waals surface area contributed by atoms with Gasteiger partial charge in [0.05, 0.1) is 0 Å². The molecule has 6 nitrogen and oxygen atoms in total. The van der Waals surface area contributed by atoms with Gasteiger partial charge in [-0.3, -0.25) is 4.79 Å². The third-order valence-corrected chi connectivity index (χ3v) is 5.13. The molecule has 3 rings (SSSR count). The minimum Gasteiger partial charge on any atom is -0.422 e. The van der Waals surface area contributed by atoms with Crippen molar-refractivity contribution >= 4 is 16.9 Å². The van der Waals surface area contributed by atoms with Gasteiger partial charge in [0.2, 0.25) is 0 Å². The smallest absolute Gasteiger partial charge is 0.349 e. The van der Waals surface area contributed by atoms with Crippen LogP contribution in [0, 0.1) is 12.3 Å². The van der Waals surface area contributed by atoms with Crippen molar-refractivity contribution in [3.05, 3.63) is 45.8 Å². The summed E-state index contributed by atoms with van der Waals surface area (Å²) in [5.41, 5.74) is 0.619. The number of hydrogen-bond donors (Lipinski definition) is 1. The summed E-state index contributed by atoms with van der Waals surface area (Å²) >= 11 is 0. The fourth-order valence-corrected chi connectivity index (χ4v) is 3.79. The third kappa shape index (κ3) is 3.81. The van der Waals surface area contributed by atoms with Crippen LogP contribution in [0.25, 0.3) is 11.0 Å². The van der Waals surface area contributed by atoms with Crippen LogP contribution in [0.4, 0.5) is 0 Å². The van der Waals surface area contributed by atoms with Crippen molar-refractivity contribution in [1.82, 2.24) is 10.2 Å². The SMILES string of the molecule is Cc1c(C(=O)NCC2(CN(C)C)CCOCC2)c(=O)oc2ccccc12.